The normalized spacial score (nSPS) is 10.8. The lowest BCUT2D eigenvalue weighted by atomic mass is 10.6. The first-order valence-corrected chi connectivity index (χ1v) is 4.90. The molecule has 0 amide bonds. The van der Waals surface area contributed by atoms with Crippen molar-refractivity contribution in [3.8, 4) is 0 Å². The van der Waals surface area contributed by atoms with Gasteiger partial charge in [0.25, 0.3) is 0 Å². The summed E-state index contributed by atoms with van der Waals surface area (Å²) >= 11 is 1.72. The van der Waals surface area contributed by atoms with E-state index in [1.807, 2.05) is 30.2 Å². The Labute approximate surface area is 75.1 Å². The maximum atomic E-state index is 4.22. The Kier molecular flexibility index (Phi) is 1.77. The molecule has 3 nitrogen and oxygen atoms in total. The first kappa shape index (κ1) is 7.61. The Bertz CT molecular complexity index is 408. The third-order valence-corrected chi connectivity index (χ3v) is 2.47. The second-order valence-electron chi connectivity index (χ2n) is 2.62. The maximum Gasteiger partial charge on any atom is 0.212 e. The lowest BCUT2D eigenvalue weighted by molar-refractivity contribution is -0.672. The lowest BCUT2D eigenvalue weighted by Crippen LogP contribution is -2.28. The maximum absolute atomic E-state index is 4.22. The topological polar surface area (TPSA) is 21.2 Å². The van der Waals surface area contributed by atoms with Gasteiger partial charge in [-0.1, -0.05) is 0 Å². The van der Waals surface area contributed by atoms with E-state index < -0.39 is 0 Å². The minimum Gasteiger partial charge on any atom is -0.284 e. The summed E-state index contributed by atoms with van der Waals surface area (Å²) < 4.78 is 4.10. The molecule has 0 saturated carbocycles. The van der Waals surface area contributed by atoms with Gasteiger partial charge in [0.2, 0.25) is 11.8 Å². The molecule has 2 aromatic heterocycles. The largest absolute Gasteiger partial charge is 0.284 e. The average molecular weight is 180 g/mol. The van der Waals surface area contributed by atoms with E-state index in [1.54, 1.807) is 11.8 Å². The fraction of sp³-hybridized carbons (Fsp3) is 0.250. The number of nitrogens with zero attached hydrogens (tertiary/aromatic N) is 3. The van der Waals surface area contributed by atoms with Gasteiger partial charge in [0, 0.05) is 12.4 Å². The summed E-state index contributed by atoms with van der Waals surface area (Å²) in [6.45, 7) is 0. The van der Waals surface area contributed by atoms with Gasteiger partial charge in [0.1, 0.15) is 12.1 Å². The highest BCUT2D eigenvalue weighted by molar-refractivity contribution is 7.98. The molecule has 0 aliphatic heterocycles. The number of hydrogen-bond donors (Lipinski definition) is 0. The molecule has 0 aliphatic carbocycles. The molecule has 0 spiro atoms. The highest BCUT2D eigenvalue weighted by Gasteiger charge is 2.05. The molecule has 0 fully saturated rings. The third kappa shape index (κ3) is 1.08. The first-order chi connectivity index (χ1) is 5.81. The third-order valence-electron chi connectivity index (χ3n) is 1.75. The zero-order valence-corrected chi connectivity index (χ0v) is 7.88. The Morgan fingerprint density at radius 3 is 3.08 bits per heavy atom. The minimum absolute atomic E-state index is 0.990. The Balaban J connectivity index is 2.80. The summed E-state index contributed by atoms with van der Waals surface area (Å²) in [6, 6.07) is 0. The van der Waals surface area contributed by atoms with Crippen LogP contribution in [-0.2, 0) is 7.05 Å². The predicted octanol–water partition coefficient (Wildman–Crippen LogP) is 0.881. The molecule has 2 heterocycles. The zero-order valence-electron chi connectivity index (χ0n) is 7.06. The first-order valence-electron chi connectivity index (χ1n) is 3.67. The summed E-state index contributed by atoms with van der Waals surface area (Å²) in [5.74, 6) is 0. The summed E-state index contributed by atoms with van der Waals surface area (Å²) in [5, 5.41) is 1.20. The van der Waals surface area contributed by atoms with Crippen LogP contribution in [0.5, 0.6) is 0 Å². The van der Waals surface area contributed by atoms with Crippen LogP contribution in [0, 0.1) is 0 Å². The summed E-state index contributed by atoms with van der Waals surface area (Å²) in [6.07, 6.45) is 9.93. The molecule has 2 aromatic rings. The van der Waals surface area contributed by atoms with E-state index in [0.29, 0.717) is 0 Å². The second-order valence-corrected chi connectivity index (χ2v) is 3.45. The number of imidazole rings is 1. The van der Waals surface area contributed by atoms with E-state index in [9.17, 15) is 0 Å². The van der Waals surface area contributed by atoms with Gasteiger partial charge in [0.15, 0.2) is 6.20 Å². The molecule has 0 unspecified atom stereocenters. The van der Waals surface area contributed by atoms with E-state index in [0.717, 1.165) is 5.65 Å². The van der Waals surface area contributed by atoms with Crippen molar-refractivity contribution in [2.45, 2.75) is 5.03 Å². The highest BCUT2D eigenvalue weighted by atomic mass is 32.2. The van der Waals surface area contributed by atoms with Gasteiger partial charge in [-0.3, -0.25) is 4.40 Å². The van der Waals surface area contributed by atoms with Gasteiger partial charge in [-0.15, -0.1) is 11.8 Å². The van der Waals surface area contributed by atoms with Gasteiger partial charge in [-0.05, 0) is 6.26 Å². The van der Waals surface area contributed by atoms with Crippen LogP contribution in [0.4, 0.5) is 0 Å². The molecule has 0 aliphatic rings. The Morgan fingerprint density at radius 1 is 1.50 bits per heavy atom. The molecule has 0 aromatic carbocycles. The van der Waals surface area contributed by atoms with Crippen molar-refractivity contribution in [1.82, 2.24) is 9.38 Å². The molecule has 0 saturated heterocycles. The van der Waals surface area contributed by atoms with Crippen molar-refractivity contribution in [2.75, 3.05) is 6.26 Å². The fourth-order valence-electron chi connectivity index (χ4n) is 1.20. The number of fused-ring (bicyclic) bond motifs is 1. The molecule has 0 atom stereocenters. The van der Waals surface area contributed by atoms with Gasteiger partial charge in [-0.25, -0.2) is 9.55 Å². The SMILES string of the molecule is CSc1c[n+](C)cc2nccn12. The number of thioether (sulfide) groups is 1. The monoisotopic (exact) mass is 180 g/mol. The molecule has 0 radical (unpaired) electrons. The molecule has 0 bridgehead atoms. The van der Waals surface area contributed by atoms with Crippen LogP contribution in [0.25, 0.3) is 5.65 Å². The average Bonchev–Trinajstić information content (AvgIpc) is 2.50. The van der Waals surface area contributed by atoms with E-state index >= 15 is 0 Å². The van der Waals surface area contributed by atoms with E-state index in [4.69, 9.17) is 0 Å². The Hall–Kier alpha value is -1.03. The van der Waals surface area contributed by atoms with Crippen LogP contribution in [0.2, 0.25) is 0 Å². The summed E-state index contributed by atoms with van der Waals surface area (Å²) in [5.41, 5.74) is 0.990. The van der Waals surface area contributed by atoms with Crippen molar-refractivity contribution in [2.24, 2.45) is 7.05 Å². The van der Waals surface area contributed by atoms with Crippen LogP contribution in [0.15, 0.2) is 29.8 Å². The van der Waals surface area contributed by atoms with Crippen LogP contribution in [0.1, 0.15) is 0 Å². The summed E-state index contributed by atoms with van der Waals surface area (Å²) in [7, 11) is 2.01. The molecular weight excluding hydrogens is 170 g/mol. The second kappa shape index (κ2) is 2.79. The molecular formula is C8H10N3S+. The van der Waals surface area contributed by atoms with Crippen LogP contribution in [-0.4, -0.2) is 15.6 Å². The standard InChI is InChI=1S/C8H10N3S/c1-10-5-7-9-3-4-11(7)8(6-10)12-2/h3-6H,1-2H3/q+1. The van der Waals surface area contributed by atoms with E-state index in [1.165, 1.54) is 5.03 Å². The predicted molar refractivity (Wildman–Crippen MR) is 48.1 cm³/mol. The van der Waals surface area contributed by atoms with Crippen molar-refractivity contribution >= 4 is 17.4 Å². The van der Waals surface area contributed by atoms with Crippen LogP contribution in [0.3, 0.4) is 0 Å². The zero-order chi connectivity index (χ0) is 8.55. The Morgan fingerprint density at radius 2 is 2.33 bits per heavy atom. The quantitative estimate of drug-likeness (QED) is 0.480. The summed E-state index contributed by atoms with van der Waals surface area (Å²) in [4.78, 5) is 4.22. The van der Waals surface area contributed by atoms with E-state index in [-0.39, 0.29) is 0 Å². The van der Waals surface area contributed by atoms with Crippen LogP contribution >= 0.6 is 11.8 Å². The van der Waals surface area contributed by atoms with Crippen molar-refractivity contribution in [3.05, 3.63) is 24.8 Å². The molecule has 12 heavy (non-hydrogen) atoms. The number of hydrogen-bond acceptors (Lipinski definition) is 2. The highest BCUT2D eigenvalue weighted by Crippen LogP contribution is 2.12. The van der Waals surface area contributed by atoms with Crippen molar-refractivity contribution < 1.29 is 4.57 Å². The van der Waals surface area contributed by atoms with Gasteiger partial charge in [0.05, 0.1) is 0 Å². The minimum atomic E-state index is 0.990. The lowest BCUT2D eigenvalue weighted by Gasteiger charge is -1.98. The number of aromatic nitrogens is 3. The molecule has 4 heteroatoms. The molecule has 62 valence electrons. The van der Waals surface area contributed by atoms with E-state index in [2.05, 4.69) is 21.8 Å². The van der Waals surface area contributed by atoms with Crippen molar-refractivity contribution in [3.63, 3.8) is 0 Å². The van der Waals surface area contributed by atoms with Gasteiger partial charge < -0.3 is 0 Å². The smallest absolute Gasteiger partial charge is 0.212 e. The number of rotatable bonds is 1. The molecule has 0 N–H and O–H groups in total. The number of aryl methyl sites for hydroxylation is 1. The molecule has 2 rings (SSSR count). The van der Waals surface area contributed by atoms with Gasteiger partial charge in [-0.2, -0.15) is 0 Å². The van der Waals surface area contributed by atoms with Crippen molar-refractivity contribution in [1.29, 1.82) is 0 Å². The van der Waals surface area contributed by atoms with Gasteiger partial charge >= 0.3 is 0 Å². The fourth-order valence-corrected chi connectivity index (χ4v) is 1.83. The van der Waals surface area contributed by atoms with Crippen LogP contribution < -0.4 is 4.57 Å².